The molecular weight excluding hydrogens is 434 g/mol. The third kappa shape index (κ3) is 5.79. The molecule has 0 aliphatic carbocycles. The molecule has 0 amide bonds. The Kier molecular flexibility index (Phi) is 7.06. The highest BCUT2D eigenvalue weighted by Gasteiger charge is 2.16. The first kappa shape index (κ1) is 22.6. The number of rotatable bonds is 8. The SMILES string of the molecule is Cc1ccc(CCc2nc(-c3ccc(Cl)cc3OCc3ccccc3)ccc2C(=O)O)cc1. The fourth-order valence-corrected chi connectivity index (χ4v) is 3.78. The summed E-state index contributed by atoms with van der Waals surface area (Å²) in [7, 11) is 0. The first-order chi connectivity index (χ1) is 16.0. The van der Waals surface area contributed by atoms with E-state index >= 15 is 0 Å². The molecular formula is C28H24ClNO3. The molecule has 0 saturated heterocycles. The number of hydrogen-bond acceptors (Lipinski definition) is 3. The maximum Gasteiger partial charge on any atom is 0.337 e. The number of benzene rings is 3. The Labute approximate surface area is 198 Å². The van der Waals surface area contributed by atoms with Crippen LogP contribution < -0.4 is 4.74 Å². The maximum atomic E-state index is 11.8. The van der Waals surface area contributed by atoms with Gasteiger partial charge in [0.1, 0.15) is 12.4 Å². The van der Waals surface area contributed by atoms with Crippen molar-refractivity contribution in [2.24, 2.45) is 0 Å². The summed E-state index contributed by atoms with van der Waals surface area (Å²) in [5.74, 6) is -0.379. The average molecular weight is 458 g/mol. The second-order valence-corrected chi connectivity index (χ2v) is 8.33. The Morgan fingerprint density at radius 2 is 1.67 bits per heavy atom. The van der Waals surface area contributed by atoms with Crippen LogP contribution in [0, 0.1) is 6.92 Å². The van der Waals surface area contributed by atoms with Crippen molar-refractivity contribution in [1.29, 1.82) is 0 Å². The number of aromatic nitrogens is 1. The number of hydrogen-bond donors (Lipinski definition) is 1. The number of aromatic carboxylic acids is 1. The second-order valence-electron chi connectivity index (χ2n) is 7.90. The highest BCUT2D eigenvalue weighted by Crippen LogP contribution is 2.33. The molecule has 4 rings (SSSR count). The summed E-state index contributed by atoms with van der Waals surface area (Å²) in [5.41, 5.74) is 5.55. The monoisotopic (exact) mass is 457 g/mol. The molecule has 0 unspecified atom stereocenters. The van der Waals surface area contributed by atoms with Crippen LogP contribution >= 0.6 is 11.6 Å². The largest absolute Gasteiger partial charge is 0.488 e. The molecule has 0 fully saturated rings. The lowest BCUT2D eigenvalue weighted by molar-refractivity contribution is 0.0695. The molecule has 1 aromatic heterocycles. The lowest BCUT2D eigenvalue weighted by atomic mass is 10.0. The molecule has 0 saturated carbocycles. The molecule has 166 valence electrons. The van der Waals surface area contributed by atoms with Crippen LogP contribution in [-0.2, 0) is 19.4 Å². The van der Waals surface area contributed by atoms with Gasteiger partial charge in [-0.05, 0) is 61.2 Å². The molecule has 0 atom stereocenters. The molecule has 3 aromatic carbocycles. The Balaban J connectivity index is 1.63. The minimum atomic E-state index is -0.982. The van der Waals surface area contributed by atoms with Gasteiger partial charge in [0, 0.05) is 10.6 Å². The number of nitrogens with zero attached hydrogens (tertiary/aromatic N) is 1. The van der Waals surface area contributed by atoms with Crippen LogP contribution in [0.3, 0.4) is 0 Å². The Bertz CT molecular complexity index is 1250. The minimum Gasteiger partial charge on any atom is -0.488 e. The number of ether oxygens (including phenoxy) is 1. The molecule has 0 aliphatic heterocycles. The minimum absolute atomic E-state index is 0.214. The molecule has 0 spiro atoms. The van der Waals surface area contributed by atoms with Crippen LogP contribution in [-0.4, -0.2) is 16.1 Å². The van der Waals surface area contributed by atoms with Crippen LogP contribution in [0.1, 0.15) is 32.7 Å². The van der Waals surface area contributed by atoms with Crippen LogP contribution in [0.2, 0.25) is 5.02 Å². The van der Waals surface area contributed by atoms with Crippen molar-refractivity contribution in [1.82, 2.24) is 4.98 Å². The Morgan fingerprint density at radius 3 is 2.39 bits per heavy atom. The smallest absolute Gasteiger partial charge is 0.337 e. The van der Waals surface area contributed by atoms with Gasteiger partial charge in [-0.15, -0.1) is 0 Å². The normalized spacial score (nSPS) is 10.7. The van der Waals surface area contributed by atoms with Crippen molar-refractivity contribution in [3.63, 3.8) is 0 Å². The predicted molar refractivity (Wildman–Crippen MR) is 131 cm³/mol. The quantitative estimate of drug-likeness (QED) is 0.317. The topological polar surface area (TPSA) is 59.4 Å². The number of aryl methyl sites for hydroxylation is 3. The zero-order valence-corrected chi connectivity index (χ0v) is 19.0. The highest BCUT2D eigenvalue weighted by molar-refractivity contribution is 6.30. The molecule has 4 aromatic rings. The lowest BCUT2D eigenvalue weighted by Gasteiger charge is -2.14. The van der Waals surface area contributed by atoms with Gasteiger partial charge >= 0.3 is 5.97 Å². The van der Waals surface area contributed by atoms with Gasteiger partial charge in [-0.2, -0.15) is 0 Å². The van der Waals surface area contributed by atoms with Gasteiger partial charge in [0.2, 0.25) is 0 Å². The fraction of sp³-hybridized carbons (Fsp3) is 0.143. The summed E-state index contributed by atoms with van der Waals surface area (Å²) in [6.45, 7) is 2.43. The molecule has 4 nitrogen and oxygen atoms in total. The van der Waals surface area contributed by atoms with E-state index in [0.717, 1.165) is 16.7 Å². The molecule has 5 heteroatoms. The lowest BCUT2D eigenvalue weighted by Crippen LogP contribution is -2.07. The third-order valence-corrected chi connectivity index (χ3v) is 5.67. The maximum absolute atomic E-state index is 11.8. The highest BCUT2D eigenvalue weighted by atomic mass is 35.5. The first-order valence-corrected chi connectivity index (χ1v) is 11.1. The van der Waals surface area contributed by atoms with Crippen LogP contribution in [0.4, 0.5) is 0 Å². The van der Waals surface area contributed by atoms with Crippen molar-refractivity contribution in [3.8, 4) is 17.0 Å². The standard InChI is InChI=1S/C28H24ClNO3/c1-19-7-9-20(10-8-19)11-15-26-24(28(31)32)14-16-25(30-26)23-13-12-22(29)17-27(23)33-18-21-5-3-2-4-6-21/h2-10,12-14,16-17H,11,15,18H2,1H3,(H,31,32). The Hall–Kier alpha value is -3.63. The van der Waals surface area contributed by atoms with Gasteiger partial charge in [0.05, 0.1) is 17.0 Å². The fourth-order valence-electron chi connectivity index (χ4n) is 3.62. The molecule has 1 heterocycles. The van der Waals surface area contributed by atoms with E-state index in [1.165, 1.54) is 5.56 Å². The van der Waals surface area contributed by atoms with E-state index in [0.29, 0.717) is 41.6 Å². The summed E-state index contributed by atoms with van der Waals surface area (Å²) >= 11 is 6.23. The van der Waals surface area contributed by atoms with E-state index in [1.54, 1.807) is 24.3 Å². The summed E-state index contributed by atoms with van der Waals surface area (Å²) in [4.78, 5) is 16.6. The summed E-state index contributed by atoms with van der Waals surface area (Å²) in [6, 6.07) is 26.8. The van der Waals surface area contributed by atoms with Crippen molar-refractivity contribution < 1.29 is 14.6 Å². The van der Waals surface area contributed by atoms with Gasteiger partial charge in [-0.3, -0.25) is 4.98 Å². The van der Waals surface area contributed by atoms with Gasteiger partial charge in [0.15, 0.2) is 0 Å². The average Bonchev–Trinajstić information content (AvgIpc) is 2.83. The van der Waals surface area contributed by atoms with E-state index in [9.17, 15) is 9.90 Å². The van der Waals surface area contributed by atoms with Crippen molar-refractivity contribution >= 4 is 17.6 Å². The van der Waals surface area contributed by atoms with Crippen molar-refractivity contribution in [2.75, 3.05) is 0 Å². The molecule has 0 aliphatic rings. The molecule has 33 heavy (non-hydrogen) atoms. The predicted octanol–water partition coefficient (Wildman–Crippen LogP) is 6.77. The van der Waals surface area contributed by atoms with Crippen LogP contribution in [0.5, 0.6) is 5.75 Å². The number of pyridine rings is 1. The van der Waals surface area contributed by atoms with Crippen LogP contribution in [0.25, 0.3) is 11.3 Å². The van der Waals surface area contributed by atoms with Gasteiger partial charge in [-0.1, -0.05) is 71.8 Å². The van der Waals surface area contributed by atoms with Gasteiger partial charge < -0.3 is 9.84 Å². The summed E-state index contributed by atoms with van der Waals surface area (Å²) in [5, 5.41) is 10.2. The van der Waals surface area contributed by atoms with E-state index in [2.05, 4.69) is 24.3 Å². The number of halogens is 1. The van der Waals surface area contributed by atoms with E-state index in [1.807, 2.05) is 43.3 Å². The first-order valence-electron chi connectivity index (χ1n) is 10.7. The summed E-state index contributed by atoms with van der Waals surface area (Å²) < 4.78 is 6.08. The Morgan fingerprint density at radius 1 is 0.909 bits per heavy atom. The van der Waals surface area contributed by atoms with Crippen molar-refractivity contribution in [3.05, 3.63) is 118 Å². The molecule has 0 radical (unpaired) electrons. The second kappa shape index (κ2) is 10.3. The zero-order valence-electron chi connectivity index (χ0n) is 18.3. The van der Waals surface area contributed by atoms with Gasteiger partial charge in [0.25, 0.3) is 0 Å². The summed E-state index contributed by atoms with van der Waals surface area (Å²) in [6.07, 6.45) is 1.22. The van der Waals surface area contributed by atoms with E-state index in [-0.39, 0.29) is 5.56 Å². The van der Waals surface area contributed by atoms with Gasteiger partial charge in [-0.25, -0.2) is 4.79 Å². The third-order valence-electron chi connectivity index (χ3n) is 5.43. The van der Waals surface area contributed by atoms with Crippen LogP contribution in [0.15, 0.2) is 84.9 Å². The number of carbonyl (C=O) groups is 1. The van der Waals surface area contributed by atoms with Crippen molar-refractivity contribution in [2.45, 2.75) is 26.4 Å². The molecule has 1 N–H and O–H groups in total. The number of carboxylic acids is 1. The molecule has 0 bridgehead atoms. The van der Waals surface area contributed by atoms with E-state index < -0.39 is 5.97 Å². The van der Waals surface area contributed by atoms with E-state index in [4.69, 9.17) is 21.3 Å². The number of carboxylic acid groups (broad SMARTS) is 1. The zero-order chi connectivity index (χ0) is 23.2.